The lowest BCUT2D eigenvalue weighted by Crippen LogP contribution is -2.36. The SMILES string of the molecule is CC.CC.CCCC1CCC2CCCCC2C1CC. The third-order valence-corrected chi connectivity index (χ3v) is 5.16. The van der Waals surface area contributed by atoms with Gasteiger partial charge in [0, 0.05) is 0 Å². The van der Waals surface area contributed by atoms with Crippen molar-refractivity contribution < 1.29 is 0 Å². The zero-order valence-electron chi connectivity index (χ0n) is 14.7. The molecule has 2 rings (SSSR count). The highest BCUT2D eigenvalue weighted by atomic mass is 14.4. The Labute approximate surface area is 123 Å². The standard InChI is InChI=1S/C15H28.2C2H6/c1-3-7-12-10-11-13-8-5-6-9-15(13)14(12)4-2;2*1-2/h12-15H,3-11H2,1-2H3;2*1-2H3. The van der Waals surface area contributed by atoms with Crippen molar-refractivity contribution in [2.24, 2.45) is 23.7 Å². The van der Waals surface area contributed by atoms with Crippen LogP contribution in [0.15, 0.2) is 0 Å². The lowest BCUT2D eigenvalue weighted by atomic mass is 9.60. The van der Waals surface area contributed by atoms with Gasteiger partial charge in [-0.1, -0.05) is 80.1 Å². The number of hydrogen-bond acceptors (Lipinski definition) is 0. The van der Waals surface area contributed by atoms with Gasteiger partial charge in [-0.2, -0.15) is 0 Å². The van der Waals surface area contributed by atoms with Crippen molar-refractivity contribution in [3.05, 3.63) is 0 Å². The Balaban J connectivity index is 0.000000741. The van der Waals surface area contributed by atoms with Crippen LogP contribution in [0.2, 0.25) is 0 Å². The van der Waals surface area contributed by atoms with Gasteiger partial charge in [0.2, 0.25) is 0 Å². The van der Waals surface area contributed by atoms with E-state index in [-0.39, 0.29) is 0 Å². The second-order valence-corrected chi connectivity index (χ2v) is 5.91. The number of fused-ring (bicyclic) bond motifs is 1. The van der Waals surface area contributed by atoms with Gasteiger partial charge in [0.05, 0.1) is 0 Å². The van der Waals surface area contributed by atoms with E-state index in [9.17, 15) is 0 Å². The molecule has 19 heavy (non-hydrogen) atoms. The van der Waals surface area contributed by atoms with Crippen molar-refractivity contribution in [2.75, 3.05) is 0 Å². The molecule has 0 saturated heterocycles. The molecule has 0 aromatic carbocycles. The van der Waals surface area contributed by atoms with E-state index in [2.05, 4.69) is 13.8 Å². The highest BCUT2D eigenvalue weighted by Crippen LogP contribution is 2.48. The molecule has 0 radical (unpaired) electrons. The van der Waals surface area contributed by atoms with E-state index in [4.69, 9.17) is 0 Å². The summed E-state index contributed by atoms with van der Waals surface area (Å²) in [5.74, 6) is 4.41. The quantitative estimate of drug-likeness (QED) is 0.513. The van der Waals surface area contributed by atoms with E-state index < -0.39 is 0 Å². The maximum Gasteiger partial charge on any atom is -0.0355 e. The monoisotopic (exact) mass is 268 g/mol. The third-order valence-electron chi connectivity index (χ3n) is 5.16. The van der Waals surface area contributed by atoms with E-state index in [1.54, 1.807) is 25.7 Å². The fourth-order valence-corrected chi connectivity index (χ4v) is 4.52. The van der Waals surface area contributed by atoms with E-state index in [0.717, 1.165) is 23.7 Å². The zero-order chi connectivity index (χ0) is 14.7. The number of rotatable bonds is 3. The summed E-state index contributed by atoms with van der Waals surface area (Å²) in [7, 11) is 0. The Kier molecular flexibility index (Phi) is 11.8. The fourth-order valence-electron chi connectivity index (χ4n) is 4.52. The molecule has 0 spiro atoms. The first kappa shape index (κ1) is 19.0. The first-order valence-corrected chi connectivity index (χ1v) is 9.36. The molecule has 0 amide bonds. The van der Waals surface area contributed by atoms with E-state index in [1.165, 1.54) is 32.1 Å². The summed E-state index contributed by atoms with van der Waals surface area (Å²) in [4.78, 5) is 0. The minimum Gasteiger partial charge on any atom is -0.0683 e. The minimum absolute atomic E-state index is 1.08. The van der Waals surface area contributed by atoms with Crippen molar-refractivity contribution in [1.29, 1.82) is 0 Å². The van der Waals surface area contributed by atoms with Crippen molar-refractivity contribution in [2.45, 2.75) is 99.3 Å². The molecule has 0 nitrogen and oxygen atoms in total. The molecule has 0 aromatic rings. The van der Waals surface area contributed by atoms with Crippen LogP contribution in [0.5, 0.6) is 0 Å². The number of hydrogen-bond donors (Lipinski definition) is 0. The molecule has 0 heterocycles. The normalized spacial score (nSPS) is 33.2. The average Bonchev–Trinajstić information content (AvgIpc) is 2.51. The van der Waals surface area contributed by atoms with Gasteiger partial charge >= 0.3 is 0 Å². The Bertz CT molecular complexity index is 184. The maximum atomic E-state index is 2.43. The fraction of sp³-hybridized carbons (Fsp3) is 1.00. The van der Waals surface area contributed by atoms with Crippen molar-refractivity contribution in [3.63, 3.8) is 0 Å². The molecule has 116 valence electrons. The lowest BCUT2D eigenvalue weighted by Gasteiger charge is -2.45. The molecule has 2 aliphatic carbocycles. The van der Waals surface area contributed by atoms with E-state index in [1.807, 2.05) is 27.7 Å². The molecule has 2 saturated carbocycles. The van der Waals surface area contributed by atoms with Crippen LogP contribution in [0.3, 0.4) is 0 Å². The highest BCUT2D eigenvalue weighted by Gasteiger charge is 2.38. The second kappa shape index (κ2) is 11.8. The minimum atomic E-state index is 1.08. The van der Waals surface area contributed by atoms with Gasteiger partial charge in [0.25, 0.3) is 0 Å². The van der Waals surface area contributed by atoms with Gasteiger partial charge in [0.15, 0.2) is 0 Å². The summed E-state index contributed by atoms with van der Waals surface area (Å²) in [5.41, 5.74) is 0. The van der Waals surface area contributed by atoms with Gasteiger partial charge < -0.3 is 0 Å². The Morgan fingerprint density at radius 2 is 1.42 bits per heavy atom. The first-order valence-electron chi connectivity index (χ1n) is 9.36. The summed E-state index contributed by atoms with van der Waals surface area (Å²) >= 11 is 0. The summed E-state index contributed by atoms with van der Waals surface area (Å²) in [5, 5.41) is 0. The van der Waals surface area contributed by atoms with Crippen LogP contribution in [-0.4, -0.2) is 0 Å². The van der Waals surface area contributed by atoms with Crippen LogP contribution in [0, 0.1) is 23.7 Å². The van der Waals surface area contributed by atoms with Crippen LogP contribution in [0.25, 0.3) is 0 Å². The van der Waals surface area contributed by atoms with Crippen molar-refractivity contribution >= 4 is 0 Å². The van der Waals surface area contributed by atoms with E-state index in [0.29, 0.717) is 0 Å². The molecule has 0 aromatic heterocycles. The Morgan fingerprint density at radius 3 is 2.00 bits per heavy atom. The molecular formula is C19H40. The smallest absolute Gasteiger partial charge is 0.0355 e. The lowest BCUT2D eigenvalue weighted by molar-refractivity contribution is 0.0476. The largest absolute Gasteiger partial charge is 0.0683 e. The van der Waals surface area contributed by atoms with Crippen LogP contribution < -0.4 is 0 Å². The van der Waals surface area contributed by atoms with Gasteiger partial charge in [-0.15, -0.1) is 0 Å². The summed E-state index contributed by atoms with van der Waals surface area (Å²) in [6.07, 6.45) is 13.6. The first-order chi connectivity index (χ1) is 9.36. The predicted molar refractivity (Wildman–Crippen MR) is 89.6 cm³/mol. The third kappa shape index (κ3) is 5.48. The molecule has 4 atom stereocenters. The van der Waals surface area contributed by atoms with Crippen LogP contribution in [0.4, 0.5) is 0 Å². The summed E-state index contributed by atoms with van der Waals surface area (Å²) in [6.45, 7) is 12.8. The van der Waals surface area contributed by atoms with Crippen molar-refractivity contribution in [3.8, 4) is 0 Å². The molecule has 0 aliphatic heterocycles. The van der Waals surface area contributed by atoms with Crippen molar-refractivity contribution in [1.82, 2.24) is 0 Å². The van der Waals surface area contributed by atoms with Gasteiger partial charge in [-0.3, -0.25) is 0 Å². The molecule has 0 heteroatoms. The molecule has 2 aliphatic rings. The van der Waals surface area contributed by atoms with Crippen LogP contribution in [-0.2, 0) is 0 Å². The molecule has 2 fully saturated rings. The van der Waals surface area contributed by atoms with Gasteiger partial charge in [-0.05, 0) is 42.9 Å². The molecular weight excluding hydrogens is 228 g/mol. The molecule has 0 bridgehead atoms. The highest BCUT2D eigenvalue weighted by molar-refractivity contribution is 4.88. The zero-order valence-corrected chi connectivity index (χ0v) is 14.7. The summed E-state index contributed by atoms with van der Waals surface area (Å²) in [6, 6.07) is 0. The summed E-state index contributed by atoms with van der Waals surface area (Å²) < 4.78 is 0. The van der Waals surface area contributed by atoms with Crippen LogP contribution in [0.1, 0.15) is 99.3 Å². The van der Waals surface area contributed by atoms with Gasteiger partial charge in [-0.25, -0.2) is 0 Å². The topological polar surface area (TPSA) is 0 Å². The Hall–Kier alpha value is 0. The van der Waals surface area contributed by atoms with Gasteiger partial charge in [0.1, 0.15) is 0 Å². The molecule has 0 N–H and O–H groups in total. The predicted octanol–water partition coefficient (Wildman–Crippen LogP) is 7.08. The maximum absolute atomic E-state index is 2.43. The second-order valence-electron chi connectivity index (χ2n) is 5.91. The average molecular weight is 269 g/mol. The van der Waals surface area contributed by atoms with Crippen LogP contribution >= 0.6 is 0 Å². The Morgan fingerprint density at radius 1 is 0.789 bits per heavy atom. The molecule has 4 unspecified atom stereocenters. The van der Waals surface area contributed by atoms with E-state index >= 15 is 0 Å².